The van der Waals surface area contributed by atoms with E-state index >= 15 is 0 Å². The van der Waals surface area contributed by atoms with Gasteiger partial charge in [0.2, 0.25) is 0 Å². The Bertz CT molecular complexity index is 1390. The van der Waals surface area contributed by atoms with E-state index < -0.39 is 0 Å². The number of aliphatic imine (C=N–C) groups is 1. The van der Waals surface area contributed by atoms with Crippen LogP contribution in [-0.4, -0.2) is 23.6 Å². The lowest BCUT2D eigenvalue weighted by Crippen LogP contribution is -2.40. The van der Waals surface area contributed by atoms with E-state index in [1.54, 1.807) is 0 Å². The van der Waals surface area contributed by atoms with Crippen molar-refractivity contribution in [3.8, 4) is 0 Å². The molecule has 2 atom stereocenters. The molecule has 2 rings (SSSR count). The molecule has 0 heterocycles. The van der Waals surface area contributed by atoms with Gasteiger partial charge in [-0.1, -0.05) is 140 Å². The van der Waals surface area contributed by atoms with Crippen molar-refractivity contribution in [1.82, 2.24) is 0 Å². The number of carbonyl (C=O) groups excluding carboxylic acids is 2. The van der Waals surface area contributed by atoms with Gasteiger partial charge in [0.05, 0.1) is 17.0 Å². The number of hydrogen-bond acceptors (Lipinski definition) is 4. The van der Waals surface area contributed by atoms with E-state index in [1.165, 1.54) is 46.3 Å². The van der Waals surface area contributed by atoms with Crippen LogP contribution in [0, 0.1) is 36.5 Å². The predicted octanol–water partition coefficient (Wildman–Crippen LogP) is 16.4. The number of esters is 1. The maximum Gasteiger partial charge on any atom is 0.309 e. The molecule has 4 heteroatoms. The van der Waals surface area contributed by atoms with Crippen LogP contribution in [0.3, 0.4) is 0 Å². The summed E-state index contributed by atoms with van der Waals surface area (Å²) < 4.78 is 5.15. The summed E-state index contributed by atoms with van der Waals surface area (Å²) in [6, 6.07) is 6.78. The standard InChI is InChI=1S/C34H53NO.C9H18O2.C6H12.C4H10/c1-11-17-29(24-32(35-22-14-4)28(10)25(7)15-5)30-18-19-31(27(9)23-30)34(20-12-2,21-13-3)33(36)26(8)16-6;1-6-7(2)8(10)11-9(3,4)5;1-5-3-6(2)4-5;1-4(2)3/h17-19,22-24,26H,11-16,20-21H2,1-10H3;7H,6H2,1-5H3;5-6H,3-4H2,1-2H3;4H,1-3H3/b28-25+,29-17-,32-24+,35-22?;;;. The lowest BCUT2D eigenvalue weighted by atomic mass is 9.65. The number of benzene rings is 1. The van der Waals surface area contributed by atoms with Crippen molar-refractivity contribution in [2.75, 3.05) is 0 Å². The number of Topliss-reactive ketones (excluding diaryl/α,β-unsaturated/α-hetero) is 1. The van der Waals surface area contributed by atoms with E-state index in [9.17, 15) is 9.59 Å². The first kappa shape index (κ1) is 56.3. The van der Waals surface area contributed by atoms with Gasteiger partial charge in [-0.15, -0.1) is 0 Å². The highest BCUT2D eigenvalue weighted by atomic mass is 16.6. The number of rotatable bonds is 17. The average Bonchev–Trinajstić information content (AvgIpc) is 3.13. The summed E-state index contributed by atoms with van der Waals surface area (Å²) in [5.41, 5.74) is 7.76. The second kappa shape index (κ2) is 29.5. The predicted molar refractivity (Wildman–Crippen MR) is 254 cm³/mol. The van der Waals surface area contributed by atoms with Crippen LogP contribution >= 0.6 is 0 Å². The van der Waals surface area contributed by atoms with Gasteiger partial charge in [0.25, 0.3) is 0 Å². The third kappa shape index (κ3) is 21.7. The fraction of sp³-hybridized carbons (Fsp3) is 0.717. The van der Waals surface area contributed by atoms with E-state index in [0.29, 0.717) is 5.78 Å². The Labute approximate surface area is 355 Å². The lowest BCUT2D eigenvalue weighted by Gasteiger charge is -2.36. The van der Waals surface area contributed by atoms with Gasteiger partial charge >= 0.3 is 5.97 Å². The first-order valence-corrected chi connectivity index (χ1v) is 23.0. The Morgan fingerprint density at radius 1 is 0.825 bits per heavy atom. The normalized spacial score (nSPS) is 17.5. The van der Waals surface area contributed by atoms with E-state index in [-0.39, 0.29) is 28.8 Å². The monoisotopic (exact) mass is 792 g/mol. The topological polar surface area (TPSA) is 55.7 Å². The third-order valence-corrected chi connectivity index (χ3v) is 10.7. The van der Waals surface area contributed by atoms with Crippen molar-refractivity contribution in [3.63, 3.8) is 0 Å². The summed E-state index contributed by atoms with van der Waals surface area (Å²) in [4.78, 5) is 29.8. The number of hydrogen-bond donors (Lipinski definition) is 0. The molecular weight excluding hydrogens is 699 g/mol. The maximum absolute atomic E-state index is 13.8. The van der Waals surface area contributed by atoms with Crippen LogP contribution < -0.4 is 0 Å². The quantitative estimate of drug-likeness (QED) is 0.0897. The average molecular weight is 792 g/mol. The molecule has 1 aromatic carbocycles. The van der Waals surface area contributed by atoms with Crippen molar-refractivity contribution in [3.05, 3.63) is 63.9 Å². The van der Waals surface area contributed by atoms with Gasteiger partial charge in [-0.05, 0) is 151 Å². The summed E-state index contributed by atoms with van der Waals surface area (Å²) in [5.74, 6) is 3.34. The Morgan fingerprint density at radius 3 is 1.68 bits per heavy atom. The van der Waals surface area contributed by atoms with E-state index in [2.05, 4.69) is 134 Å². The number of ether oxygens (including phenoxy) is 1. The van der Waals surface area contributed by atoms with Crippen molar-refractivity contribution in [2.45, 2.75) is 220 Å². The van der Waals surface area contributed by atoms with Gasteiger partial charge in [0, 0.05) is 12.1 Å². The zero-order valence-electron chi connectivity index (χ0n) is 41.3. The van der Waals surface area contributed by atoms with E-state index in [0.717, 1.165) is 81.2 Å². The molecule has 1 aliphatic rings. The fourth-order valence-electron chi connectivity index (χ4n) is 7.08. The summed E-state index contributed by atoms with van der Waals surface area (Å²) in [7, 11) is 0. The second-order valence-corrected chi connectivity index (χ2v) is 18.6. The first-order chi connectivity index (χ1) is 26.5. The molecule has 0 aromatic heterocycles. The molecule has 0 N–H and O–H groups in total. The minimum atomic E-state index is -0.389. The van der Waals surface area contributed by atoms with E-state index in [4.69, 9.17) is 9.73 Å². The summed E-state index contributed by atoms with van der Waals surface area (Å²) in [6.45, 7) is 42.4. The van der Waals surface area contributed by atoms with E-state index in [1.807, 2.05) is 40.8 Å². The molecule has 0 bridgehead atoms. The SMILES string of the molecule is CC(C)C.CC1CC(C)C1.CCC(C)C(=O)OC(C)(C)C.CCC=NC(=C/C(=C/CC)c1ccc(C(CCC)(CCC)C(=O)C(C)CC)c(C)c1)/C(C)=C(\C)CC. The number of nitrogens with zero attached hydrogens (tertiary/aromatic N) is 1. The molecule has 1 saturated carbocycles. The molecule has 1 fully saturated rings. The number of ketones is 1. The smallest absolute Gasteiger partial charge is 0.309 e. The molecule has 57 heavy (non-hydrogen) atoms. The minimum absolute atomic E-state index is 0.0224. The van der Waals surface area contributed by atoms with Gasteiger partial charge in [0.1, 0.15) is 11.4 Å². The molecule has 0 saturated heterocycles. The molecule has 1 aromatic rings. The maximum atomic E-state index is 13.8. The van der Waals surface area contributed by atoms with Gasteiger partial charge in [-0.2, -0.15) is 0 Å². The second-order valence-electron chi connectivity index (χ2n) is 18.6. The summed E-state index contributed by atoms with van der Waals surface area (Å²) in [5, 5.41) is 0. The number of allylic oxidation sites excluding steroid dienone is 5. The first-order valence-electron chi connectivity index (χ1n) is 23.0. The van der Waals surface area contributed by atoms with Crippen LogP contribution in [0.5, 0.6) is 0 Å². The Balaban J connectivity index is 0. The van der Waals surface area contributed by atoms with Crippen LogP contribution in [0.2, 0.25) is 0 Å². The molecule has 0 spiro atoms. The molecule has 2 unspecified atom stereocenters. The highest BCUT2D eigenvalue weighted by Crippen LogP contribution is 2.41. The third-order valence-electron chi connectivity index (χ3n) is 10.7. The van der Waals surface area contributed by atoms with Crippen LogP contribution in [-0.2, 0) is 19.7 Å². The zero-order chi connectivity index (χ0) is 44.5. The Hall–Kier alpha value is -2.75. The van der Waals surface area contributed by atoms with Gasteiger partial charge in [-0.25, -0.2) is 0 Å². The van der Waals surface area contributed by atoms with Crippen molar-refractivity contribution < 1.29 is 14.3 Å². The Morgan fingerprint density at radius 2 is 1.33 bits per heavy atom. The van der Waals surface area contributed by atoms with Gasteiger partial charge < -0.3 is 4.74 Å². The highest BCUT2D eigenvalue weighted by molar-refractivity contribution is 5.92. The minimum Gasteiger partial charge on any atom is -0.460 e. The van der Waals surface area contributed by atoms with Crippen molar-refractivity contribution in [2.24, 2.45) is 34.6 Å². The molecule has 0 radical (unpaired) electrons. The molecular formula is C53H93NO3. The molecule has 0 amide bonds. The van der Waals surface area contributed by atoms with Crippen molar-refractivity contribution >= 4 is 23.5 Å². The van der Waals surface area contributed by atoms with Crippen LogP contribution in [0.25, 0.3) is 5.57 Å². The van der Waals surface area contributed by atoms with Crippen LogP contribution in [0.15, 0.2) is 52.2 Å². The molecule has 328 valence electrons. The zero-order valence-corrected chi connectivity index (χ0v) is 41.3. The lowest BCUT2D eigenvalue weighted by molar-refractivity contribution is -0.159. The molecule has 0 aliphatic heterocycles. The van der Waals surface area contributed by atoms with Crippen LogP contribution in [0.4, 0.5) is 0 Å². The Kier molecular flexibility index (Phi) is 29.1. The number of aryl methyl sites for hydroxylation is 1. The largest absolute Gasteiger partial charge is 0.460 e. The summed E-state index contributed by atoms with van der Waals surface area (Å²) in [6.07, 6.45) is 18.0. The van der Waals surface area contributed by atoms with Gasteiger partial charge in [-0.3, -0.25) is 14.6 Å². The van der Waals surface area contributed by atoms with Gasteiger partial charge in [0.15, 0.2) is 0 Å². The summed E-state index contributed by atoms with van der Waals surface area (Å²) >= 11 is 0. The highest BCUT2D eigenvalue weighted by Gasteiger charge is 2.41. The number of carbonyl (C=O) groups is 2. The van der Waals surface area contributed by atoms with Crippen LogP contribution in [0.1, 0.15) is 219 Å². The molecule has 4 nitrogen and oxygen atoms in total. The van der Waals surface area contributed by atoms with Crippen molar-refractivity contribution in [1.29, 1.82) is 0 Å². The fourth-order valence-corrected chi connectivity index (χ4v) is 7.08. The molecule has 1 aliphatic carbocycles.